The molecule has 2 heterocycles. The molecule has 1 amide bonds. The van der Waals surface area contributed by atoms with Crippen LogP contribution in [0.15, 0.2) is 39.3 Å². The highest BCUT2D eigenvalue weighted by molar-refractivity contribution is 7.98. The average Bonchev–Trinajstić information content (AvgIpc) is 3.25. The van der Waals surface area contributed by atoms with Gasteiger partial charge in [-0.1, -0.05) is 18.7 Å². The van der Waals surface area contributed by atoms with Gasteiger partial charge in [0.2, 0.25) is 11.8 Å². The molecular weight excluding hydrogens is 375 g/mol. The summed E-state index contributed by atoms with van der Waals surface area (Å²) in [5.74, 6) is 0.647. The normalized spacial score (nSPS) is 10.9. The molecule has 2 aromatic heterocycles. The molecule has 0 bridgehead atoms. The van der Waals surface area contributed by atoms with E-state index in [4.69, 9.17) is 4.42 Å². The van der Waals surface area contributed by atoms with Crippen molar-refractivity contribution < 1.29 is 13.6 Å². The molecule has 3 rings (SSSR count). The van der Waals surface area contributed by atoms with Crippen molar-refractivity contribution in [1.82, 2.24) is 15.2 Å². The minimum Gasteiger partial charge on any atom is -0.416 e. The molecule has 9 heteroatoms. The molecule has 0 atom stereocenters. The summed E-state index contributed by atoms with van der Waals surface area (Å²) in [7, 11) is 0. The van der Waals surface area contributed by atoms with Crippen molar-refractivity contribution in [3.63, 3.8) is 0 Å². The Labute approximate surface area is 158 Å². The van der Waals surface area contributed by atoms with Gasteiger partial charge in [-0.25, -0.2) is 9.37 Å². The van der Waals surface area contributed by atoms with Crippen LogP contribution in [-0.2, 0) is 17.0 Å². The van der Waals surface area contributed by atoms with Gasteiger partial charge >= 0.3 is 0 Å². The second-order valence-electron chi connectivity index (χ2n) is 5.45. The molecule has 26 heavy (non-hydrogen) atoms. The maximum absolute atomic E-state index is 13.1. The molecule has 136 valence electrons. The van der Waals surface area contributed by atoms with Crippen molar-refractivity contribution in [2.24, 2.45) is 0 Å². The van der Waals surface area contributed by atoms with Crippen LogP contribution in [0.1, 0.15) is 31.9 Å². The largest absolute Gasteiger partial charge is 0.416 e. The van der Waals surface area contributed by atoms with Gasteiger partial charge in [0.15, 0.2) is 5.13 Å². The monoisotopic (exact) mass is 392 g/mol. The Hall–Kier alpha value is -2.26. The second-order valence-corrected chi connectivity index (χ2v) is 7.22. The Bertz CT molecular complexity index is 879. The highest BCUT2D eigenvalue weighted by Gasteiger charge is 2.18. The second kappa shape index (κ2) is 8.41. The molecule has 3 aromatic rings. The number of thiazole rings is 1. The summed E-state index contributed by atoms with van der Waals surface area (Å²) >= 11 is 2.76. The summed E-state index contributed by atoms with van der Waals surface area (Å²) in [5.41, 5.74) is 1.38. The number of hydrogen-bond acceptors (Lipinski definition) is 7. The van der Waals surface area contributed by atoms with Crippen LogP contribution in [-0.4, -0.2) is 21.1 Å². The number of aryl methyl sites for hydroxylation is 1. The van der Waals surface area contributed by atoms with E-state index in [2.05, 4.69) is 22.1 Å². The molecule has 6 nitrogen and oxygen atoms in total. The molecule has 0 saturated carbocycles. The van der Waals surface area contributed by atoms with Crippen molar-refractivity contribution in [1.29, 1.82) is 0 Å². The van der Waals surface area contributed by atoms with Gasteiger partial charge in [-0.15, -0.1) is 21.5 Å². The van der Waals surface area contributed by atoms with Crippen LogP contribution in [0.25, 0.3) is 0 Å². The minimum atomic E-state index is -0.351. The third-order valence-electron chi connectivity index (χ3n) is 3.39. The van der Waals surface area contributed by atoms with Gasteiger partial charge in [-0.05, 0) is 30.7 Å². The van der Waals surface area contributed by atoms with Crippen LogP contribution in [0, 0.1) is 5.82 Å². The molecule has 0 aliphatic rings. The fourth-order valence-electron chi connectivity index (χ4n) is 2.23. The Morgan fingerprint density at radius 3 is 2.77 bits per heavy atom. The Morgan fingerprint density at radius 2 is 2.08 bits per heavy atom. The summed E-state index contributed by atoms with van der Waals surface area (Å²) in [4.78, 5) is 18.0. The summed E-state index contributed by atoms with van der Waals surface area (Å²) in [6.45, 7) is 3.50. The first kappa shape index (κ1) is 18.5. The number of halogens is 1. The number of anilines is 2. The van der Waals surface area contributed by atoms with Crippen LogP contribution in [0.4, 0.5) is 15.2 Å². The standard InChI is InChI=1S/C17H17FN4O2S2/c1-3-4-15-20-21-17(24-15)26-10-13-9-25-16(19-13)22(11(2)23)14-7-5-12(18)6-8-14/h5-9H,3-4,10H2,1-2H3. The highest BCUT2D eigenvalue weighted by atomic mass is 32.2. The topological polar surface area (TPSA) is 72.1 Å². The Balaban J connectivity index is 1.70. The van der Waals surface area contributed by atoms with Gasteiger partial charge in [0, 0.05) is 24.5 Å². The highest BCUT2D eigenvalue weighted by Crippen LogP contribution is 2.31. The van der Waals surface area contributed by atoms with Crippen molar-refractivity contribution in [3.05, 3.63) is 47.0 Å². The number of carbonyl (C=O) groups is 1. The molecule has 0 fully saturated rings. The van der Waals surface area contributed by atoms with Crippen molar-refractivity contribution in [3.8, 4) is 0 Å². The van der Waals surface area contributed by atoms with E-state index in [0.29, 0.717) is 27.7 Å². The first-order valence-corrected chi connectivity index (χ1v) is 9.89. The van der Waals surface area contributed by atoms with E-state index in [-0.39, 0.29) is 11.7 Å². The summed E-state index contributed by atoms with van der Waals surface area (Å²) < 4.78 is 18.7. The zero-order valence-corrected chi connectivity index (χ0v) is 15.9. The van der Waals surface area contributed by atoms with Crippen LogP contribution in [0.5, 0.6) is 0 Å². The molecule has 0 saturated heterocycles. The molecule has 1 aromatic carbocycles. The number of benzene rings is 1. The van der Waals surface area contributed by atoms with E-state index < -0.39 is 0 Å². The lowest BCUT2D eigenvalue weighted by atomic mass is 10.3. The van der Waals surface area contributed by atoms with Gasteiger partial charge in [-0.2, -0.15) is 0 Å². The number of carbonyl (C=O) groups excluding carboxylic acids is 1. The number of nitrogens with zero attached hydrogens (tertiary/aromatic N) is 4. The number of rotatable bonds is 7. The molecule has 0 spiro atoms. The first-order valence-electron chi connectivity index (χ1n) is 8.02. The van der Waals surface area contributed by atoms with Gasteiger partial charge in [-0.3, -0.25) is 9.69 Å². The van der Waals surface area contributed by atoms with E-state index >= 15 is 0 Å². The number of amides is 1. The SMILES string of the molecule is CCCc1nnc(SCc2csc(N(C(C)=O)c3ccc(F)cc3)n2)o1. The number of aromatic nitrogens is 3. The fraction of sp³-hybridized carbons (Fsp3) is 0.294. The number of thioether (sulfide) groups is 1. The van der Waals surface area contributed by atoms with Crippen LogP contribution in [0.3, 0.4) is 0 Å². The lowest BCUT2D eigenvalue weighted by Gasteiger charge is -2.17. The van der Waals surface area contributed by atoms with Gasteiger partial charge < -0.3 is 4.42 Å². The maximum Gasteiger partial charge on any atom is 0.276 e. The van der Waals surface area contributed by atoms with Crippen molar-refractivity contribution in [2.45, 2.75) is 37.7 Å². The first-order chi connectivity index (χ1) is 12.6. The van der Waals surface area contributed by atoms with Crippen molar-refractivity contribution >= 4 is 39.8 Å². The smallest absolute Gasteiger partial charge is 0.276 e. The van der Waals surface area contributed by atoms with Crippen LogP contribution >= 0.6 is 23.1 Å². The Morgan fingerprint density at radius 1 is 1.31 bits per heavy atom. The lowest BCUT2D eigenvalue weighted by Crippen LogP contribution is -2.22. The third kappa shape index (κ3) is 4.47. The molecule has 0 aliphatic heterocycles. The molecular formula is C17H17FN4O2S2. The average molecular weight is 392 g/mol. The van der Waals surface area contributed by atoms with E-state index in [1.54, 1.807) is 12.1 Å². The Kier molecular flexibility index (Phi) is 6.00. The zero-order valence-electron chi connectivity index (χ0n) is 14.3. The van der Waals surface area contributed by atoms with E-state index in [1.165, 1.54) is 47.1 Å². The quantitative estimate of drug-likeness (QED) is 0.548. The maximum atomic E-state index is 13.1. The fourth-order valence-corrected chi connectivity index (χ4v) is 3.89. The predicted molar refractivity (Wildman–Crippen MR) is 99.2 cm³/mol. The van der Waals surface area contributed by atoms with Gasteiger partial charge in [0.25, 0.3) is 5.22 Å². The van der Waals surface area contributed by atoms with Crippen molar-refractivity contribution in [2.75, 3.05) is 4.90 Å². The van der Waals surface area contributed by atoms with E-state index in [0.717, 1.165) is 18.5 Å². The van der Waals surface area contributed by atoms with Crippen LogP contribution < -0.4 is 4.90 Å². The molecule has 0 N–H and O–H groups in total. The van der Waals surface area contributed by atoms with Gasteiger partial charge in [0.05, 0.1) is 11.4 Å². The molecule has 0 radical (unpaired) electrons. The summed E-state index contributed by atoms with van der Waals surface area (Å²) in [6, 6.07) is 5.75. The van der Waals surface area contributed by atoms with Gasteiger partial charge in [0.1, 0.15) is 5.82 Å². The molecule has 0 aliphatic carbocycles. The number of hydrogen-bond donors (Lipinski definition) is 0. The third-order valence-corrected chi connectivity index (χ3v) is 5.11. The zero-order chi connectivity index (χ0) is 18.5. The van der Waals surface area contributed by atoms with E-state index in [1.807, 2.05) is 5.38 Å². The van der Waals surface area contributed by atoms with Crippen LogP contribution in [0.2, 0.25) is 0 Å². The van der Waals surface area contributed by atoms with E-state index in [9.17, 15) is 9.18 Å². The summed E-state index contributed by atoms with van der Waals surface area (Å²) in [5, 5.41) is 10.9. The molecule has 0 unspecified atom stereocenters. The summed E-state index contributed by atoms with van der Waals surface area (Å²) in [6.07, 6.45) is 1.71. The lowest BCUT2D eigenvalue weighted by molar-refractivity contribution is -0.115. The minimum absolute atomic E-state index is 0.189. The predicted octanol–water partition coefficient (Wildman–Crippen LogP) is 4.59.